The van der Waals surface area contributed by atoms with Gasteiger partial charge in [-0.05, 0) is 30.3 Å². The normalized spacial score (nSPS) is 11.5. The van der Waals surface area contributed by atoms with Crippen LogP contribution in [0.25, 0.3) is 11.1 Å². The van der Waals surface area contributed by atoms with Gasteiger partial charge < -0.3 is 9.52 Å². The Kier molecular flexibility index (Phi) is 3.51. The number of aromatic carboxylic acids is 1. The summed E-state index contributed by atoms with van der Waals surface area (Å²) in [6.07, 6.45) is 1.19. The van der Waals surface area contributed by atoms with E-state index >= 15 is 0 Å². The van der Waals surface area contributed by atoms with Crippen molar-refractivity contribution < 1.29 is 27.3 Å². The molecule has 0 unspecified atom stereocenters. The second-order valence-electron chi connectivity index (χ2n) is 4.57. The zero-order valence-corrected chi connectivity index (χ0v) is 12.3. The molecule has 9 heteroatoms. The number of anilines is 2. The summed E-state index contributed by atoms with van der Waals surface area (Å²) >= 11 is 0. The molecular formula is C14H10N2O6S. The Labute approximate surface area is 130 Å². The zero-order chi connectivity index (χ0) is 16.6. The summed E-state index contributed by atoms with van der Waals surface area (Å²) in [7, 11) is -4.77. The van der Waals surface area contributed by atoms with E-state index in [0.29, 0.717) is 15.4 Å². The average Bonchev–Trinajstić information content (AvgIpc) is 2.94. The highest BCUT2D eigenvalue weighted by atomic mass is 32.2. The molecule has 0 aliphatic carbocycles. The fourth-order valence-corrected chi connectivity index (χ4v) is 2.99. The van der Waals surface area contributed by atoms with Crippen LogP contribution in [0.1, 0.15) is 10.4 Å². The third-order valence-corrected chi connectivity index (χ3v) is 4.00. The van der Waals surface area contributed by atoms with Crippen molar-refractivity contribution in [1.29, 1.82) is 0 Å². The van der Waals surface area contributed by atoms with E-state index in [1.807, 2.05) is 0 Å². The summed E-state index contributed by atoms with van der Waals surface area (Å²) in [6, 6.07) is 9.66. The van der Waals surface area contributed by atoms with Crippen molar-refractivity contribution in [3.63, 3.8) is 0 Å². The maximum atomic E-state index is 11.8. The minimum Gasteiger partial charge on any atom is -0.478 e. The number of para-hydroxylation sites is 1. The molecule has 8 nitrogen and oxygen atoms in total. The van der Waals surface area contributed by atoms with Crippen molar-refractivity contribution in [2.45, 2.75) is 0 Å². The van der Waals surface area contributed by atoms with Gasteiger partial charge in [-0.2, -0.15) is 8.42 Å². The monoisotopic (exact) mass is 334 g/mol. The summed E-state index contributed by atoms with van der Waals surface area (Å²) in [5.74, 6) is -1.32. The Hall–Kier alpha value is -2.91. The first-order valence-electron chi connectivity index (χ1n) is 6.31. The summed E-state index contributed by atoms with van der Waals surface area (Å²) in [6.45, 7) is 0. The van der Waals surface area contributed by atoms with Gasteiger partial charge in [0.05, 0.1) is 16.9 Å². The Morgan fingerprint density at radius 2 is 1.91 bits per heavy atom. The second kappa shape index (κ2) is 5.38. The Bertz CT molecular complexity index is 995. The van der Waals surface area contributed by atoms with Crippen LogP contribution < -0.4 is 4.31 Å². The highest BCUT2D eigenvalue weighted by molar-refractivity contribution is 7.87. The zero-order valence-electron chi connectivity index (χ0n) is 11.4. The molecular weight excluding hydrogens is 324 g/mol. The predicted molar refractivity (Wildman–Crippen MR) is 81.1 cm³/mol. The van der Waals surface area contributed by atoms with Gasteiger partial charge in [0.1, 0.15) is 5.52 Å². The van der Waals surface area contributed by atoms with Crippen LogP contribution in [0.2, 0.25) is 0 Å². The first kappa shape index (κ1) is 15.0. The molecule has 0 atom stereocenters. The molecule has 0 saturated carbocycles. The fraction of sp³-hybridized carbons (Fsp3) is 0. The van der Waals surface area contributed by atoms with Crippen LogP contribution in [-0.4, -0.2) is 29.0 Å². The third kappa shape index (κ3) is 2.74. The number of rotatable bonds is 4. The van der Waals surface area contributed by atoms with Crippen LogP contribution in [0.15, 0.2) is 53.3 Å². The molecule has 1 aromatic heterocycles. The predicted octanol–water partition coefficient (Wildman–Crippen LogP) is 2.47. The van der Waals surface area contributed by atoms with Crippen LogP contribution >= 0.6 is 0 Å². The minimum atomic E-state index is -4.77. The molecule has 0 aliphatic rings. The van der Waals surface area contributed by atoms with Crippen LogP contribution in [0.4, 0.5) is 11.4 Å². The lowest BCUT2D eigenvalue weighted by molar-refractivity contribution is 0.0698. The van der Waals surface area contributed by atoms with Gasteiger partial charge in [0.25, 0.3) is 0 Å². The van der Waals surface area contributed by atoms with Crippen molar-refractivity contribution in [2.75, 3.05) is 4.31 Å². The second-order valence-corrected chi connectivity index (χ2v) is 5.83. The summed E-state index contributed by atoms with van der Waals surface area (Å²) in [4.78, 5) is 15.2. The van der Waals surface area contributed by atoms with E-state index < -0.39 is 16.3 Å². The molecule has 0 radical (unpaired) electrons. The van der Waals surface area contributed by atoms with Gasteiger partial charge in [-0.25, -0.2) is 14.1 Å². The number of fused-ring (bicyclic) bond motifs is 1. The Morgan fingerprint density at radius 1 is 1.17 bits per heavy atom. The van der Waals surface area contributed by atoms with E-state index in [1.54, 1.807) is 0 Å². The topological polar surface area (TPSA) is 121 Å². The Morgan fingerprint density at radius 3 is 2.61 bits per heavy atom. The third-order valence-electron chi connectivity index (χ3n) is 3.13. The number of aromatic nitrogens is 1. The lowest BCUT2D eigenvalue weighted by Gasteiger charge is -2.22. The number of carbonyl (C=O) groups is 1. The molecule has 3 aromatic rings. The van der Waals surface area contributed by atoms with Crippen molar-refractivity contribution >= 4 is 38.7 Å². The Balaban J connectivity index is 2.26. The SMILES string of the molecule is O=C(O)c1ccccc1N(c1ccc2ocnc2c1)S(=O)(=O)O. The van der Waals surface area contributed by atoms with E-state index in [9.17, 15) is 22.9 Å². The highest BCUT2D eigenvalue weighted by Crippen LogP contribution is 2.32. The fourth-order valence-electron chi connectivity index (χ4n) is 2.20. The molecule has 23 heavy (non-hydrogen) atoms. The number of nitrogens with zero attached hydrogens (tertiary/aromatic N) is 2. The lowest BCUT2D eigenvalue weighted by Crippen LogP contribution is -2.26. The molecule has 0 aliphatic heterocycles. The molecule has 0 fully saturated rings. The number of carboxylic acids is 1. The molecule has 0 bridgehead atoms. The summed E-state index contributed by atoms with van der Waals surface area (Å²) < 4.78 is 38.8. The summed E-state index contributed by atoms with van der Waals surface area (Å²) in [5.41, 5.74) is 0.359. The van der Waals surface area contributed by atoms with E-state index in [4.69, 9.17) is 4.42 Å². The quantitative estimate of drug-likeness (QED) is 0.703. The van der Waals surface area contributed by atoms with Gasteiger partial charge in [0, 0.05) is 0 Å². The molecule has 2 N–H and O–H groups in total. The minimum absolute atomic E-state index is 0.0302. The van der Waals surface area contributed by atoms with Crippen LogP contribution in [0.5, 0.6) is 0 Å². The average molecular weight is 334 g/mol. The van der Waals surface area contributed by atoms with Crippen LogP contribution in [0.3, 0.4) is 0 Å². The van der Waals surface area contributed by atoms with Gasteiger partial charge in [-0.3, -0.25) is 4.55 Å². The standard InChI is InChI=1S/C14H10N2O6S/c17-14(18)10-3-1-2-4-12(10)16(23(19,20)21)9-5-6-13-11(7-9)15-8-22-13/h1-8H,(H,17,18)(H,19,20,21). The van der Waals surface area contributed by atoms with E-state index in [2.05, 4.69) is 4.98 Å². The molecule has 0 spiro atoms. The maximum absolute atomic E-state index is 11.8. The maximum Gasteiger partial charge on any atom is 0.364 e. The van der Waals surface area contributed by atoms with Crippen molar-refractivity contribution in [3.8, 4) is 0 Å². The van der Waals surface area contributed by atoms with Gasteiger partial charge in [-0.15, -0.1) is 0 Å². The number of hydrogen-bond acceptors (Lipinski definition) is 5. The van der Waals surface area contributed by atoms with Crippen LogP contribution in [-0.2, 0) is 10.3 Å². The van der Waals surface area contributed by atoms with Crippen molar-refractivity contribution in [2.24, 2.45) is 0 Å². The molecule has 0 saturated heterocycles. The van der Waals surface area contributed by atoms with E-state index in [-0.39, 0.29) is 16.9 Å². The smallest absolute Gasteiger partial charge is 0.364 e. The van der Waals surface area contributed by atoms with E-state index in [1.165, 1.54) is 48.9 Å². The number of oxazole rings is 1. The number of carboxylic acid groups (broad SMARTS) is 1. The van der Waals surface area contributed by atoms with E-state index in [0.717, 1.165) is 0 Å². The highest BCUT2D eigenvalue weighted by Gasteiger charge is 2.26. The first-order valence-corrected chi connectivity index (χ1v) is 7.71. The molecule has 3 rings (SSSR count). The molecule has 118 valence electrons. The molecule has 0 amide bonds. The van der Waals surface area contributed by atoms with Gasteiger partial charge >= 0.3 is 16.3 Å². The molecule has 1 heterocycles. The van der Waals surface area contributed by atoms with Gasteiger partial charge in [-0.1, -0.05) is 12.1 Å². The number of hydrogen-bond donors (Lipinski definition) is 2. The van der Waals surface area contributed by atoms with Crippen molar-refractivity contribution in [3.05, 3.63) is 54.4 Å². The number of benzene rings is 2. The van der Waals surface area contributed by atoms with Gasteiger partial charge in [0.15, 0.2) is 12.0 Å². The lowest BCUT2D eigenvalue weighted by atomic mass is 10.1. The first-order chi connectivity index (χ1) is 10.9. The van der Waals surface area contributed by atoms with Crippen molar-refractivity contribution in [1.82, 2.24) is 4.98 Å². The van der Waals surface area contributed by atoms with Crippen LogP contribution in [0, 0.1) is 0 Å². The van der Waals surface area contributed by atoms with Gasteiger partial charge in [0.2, 0.25) is 0 Å². The largest absolute Gasteiger partial charge is 0.478 e. The summed E-state index contributed by atoms with van der Waals surface area (Å²) in [5, 5.41) is 9.24. The molecule has 2 aromatic carbocycles.